The van der Waals surface area contributed by atoms with Crippen molar-refractivity contribution in [2.24, 2.45) is 10.1 Å². The molecule has 0 aliphatic heterocycles. The third-order valence-corrected chi connectivity index (χ3v) is 11.1. The first kappa shape index (κ1) is 43.7. The monoisotopic (exact) mass is 987 g/mol. The summed E-state index contributed by atoms with van der Waals surface area (Å²) in [6.07, 6.45) is 3.68. The number of phenols is 1. The van der Waals surface area contributed by atoms with Gasteiger partial charge in [0.25, 0.3) is 32.1 Å². The summed E-state index contributed by atoms with van der Waals surface area (Å²) in [6, 6.07) is 21.6. The number of carbonyl (C=O) groups is 2. The maximum atomic E-state index is 13.5. The van der Waals surface area contributed by atoms with E-state index in [1.807, 2.05) is 24.3 Å². The summed E-state index contributed by atoms with van der Waals surface area (Å²) >= 11 is 16.2. The average Bonchev–Trinajstić information content (AvgIpc) is 3.17. The number of halogens is 2. The molecule has 22 heteroatoms. The summed E-state index contributed by atoms with van der Waals surface area (Å²) in [5.41, 5.74) is 7.99. The fraction of sp³-hybridized carbons (Fsp3) is 0.0278. The Morgan fingerprint density at radius 3 is 2.00 bits per heavy atom. The number of thiocarbonyl (C=S) groups is 2. The molecular weight excluding hydrogens is 963 g/mol. The molecule has 5 aromatic rings. The number of nitrogens with zero attached hydrogens (tertiary/aromatic N) is 2. The number of rotatable bonds is 12. The van der Waals surface area contributed by atoms with Crippen LogP contribution in [0.25, 0.3) is 22.9 Å². The molecule has 58 heavy (non-hydrogen) atoms. The number of anilines is 2. The molecule has 0 bridgehead atoms. The van der Waals surface area contributed by atoms with Crippen LogP contribution in [0.1, 0.15) is 16.7 Å². The van der Waals surface area contributed by atoms with Gasteiger partial charge in [-0.2, -0.15) is 26.9 Å². The molecule has 2 amide bonds. The van der Waals surface area contributed by atoms with Crippen molar-refractivity contribution in [2.75, 3.05) is 10.6 Å². The van der Waals surface area contributed by atoms with Crippen LogP contribution < -0.4 is 26.9 Å². The molecule has 0 saturated heterocycles. The Morgan fingerprint density at radius 2 is 1.36 bits per heavy atom. The normalized spacial score (nSPS) is 12.1. The average molecular weight is 990 g/mol. The van der Waals surface area contributed by atoms with E-state index >= 15 is 0 Å². The number of amides is 2. The van der Waals surface area contributed by atoms with Crippen LogP contribution in [0.3, 0.4) is 0 Å². The fourth-order valence-corrected chi connectivity index (χ4v) is 8.01. The lowest BCUT2D eigenvalue weighted by atomic mass is 10.1. The smallest absolute Gasteiger partial charge is 0.295 e. The summed E-state index contributed by atoms with van der Waals surface area (Å²) in [6.45, 7) is 0. The summed E-state index contributed by atoms with van der Waals surface area (Å²) in [5.74, 6) is -1.81. The van der Waals surface area contributed by atoms with Gasteiger partial charge in [0.1, 0.15) is 15.5 Å². The number of benzene rings is 5. The van der Waals surface area contributed by atoms with Gasteiger partial charge in [0.05, 0.1) is 26.0 Å². The highest BCUT2D eigenvalue weighted by molar-refractivity contribution is 9.11. The molecule has 0 saturated carbocycles. The number of phenolic OH excluding ortho intramolecular Hbond substituents is 1. The predicted molar refractivity (Wildman–Crippen MR) is 234 cm³/mol. The van der Waals surface area contributed by atoms with Crippen LogP contribution in [0.4, 0.5) is 17.1 Å². The van der Waals surface area contributed by atoms with Crippen molar-refractivity contribution < 1.29 is 40.6 Å². The van der Waals surface area contributed by atoms with Crippen LogP contribution in [0.5, 0.6) is 5.75 Å². The van der Waals surface area contributed by atoms with Gasteiger partial charge < -0.3 is 15.7 Å². The number of aliphatic imine (C=N–C) groups is 1. The molecule has 1 atom stereocenters. The van der Waals surface area contributed by atoms with Crippen LogP contribution in [-0.4, -0.2) is 65.4 Å². The number of fused-ring (bicyclic) bond motifs is 1. The van der Waals surface area contributed by atoms with E-state index in [2.05, 4.69) is 86.2 Å². The Kier molecular flexibility index (Phi) is 14.2. The van der Waals surface area contributed by atoms with Crippen molar-refractivity contribution in [3.8, 4) is 5.75 Å². The van der Waals surface area contributed by atoms with Crippen LogP contribution in [0.2, 0.25) is 0 Å². The molecule has 16 nitrogen and oxygen atoms in total. The summed E-state index contributed by atoms with van der Waals surface area (Å²) in [5, 5.41) is 23.0. The predicted octanol–water partition coefficient (Wildman–Crippen LogP) is 6.42. The second-order valence-electron chi connectivity index (χ2n) is 11.7. The SMILES string of the molecule is O=C(N/N=C/c1cc(Br)c(O)c(Br)c1)C(Nc1ccc2ccccc2c1)C(=O)NNC(=S)Nc1ccc(/C=C/c2ccc(N=C=S)cc2S(=O)(=O)O)c(S(=O)(=O)O)c1. The minimum Gasteiger partial charge on any atom is -0.506 e. The first-order chi connectivity index (χ1) is 27.4. The third kappa shape index (κ3) is 11.6. The van der Waals surface area contributed by atoms with Crippen molar-refractivity contribution in [3.05, 3.63) is 117 Å². The van der Waals surface area contributed by atoms with E-state index in [1.54, 1.807) is 30.3 Å². The molecule has 5 rings (SSSR count). The highest BCUT2D eigenvalue weighted by Crippen LogP contribution is 2.33. The molecule has 0 radical (unpaired) electrons. The molecule has 0 aromatic heterocycles. The highest BCUT2D eigenvalue weighted by atomic mass is 79.9. The Balaban J connectivity index is 1.32. The van der Waals surface area contributed by atoms with Crippen molar-refractivity contribution in [1.82, 2.24) is 16.3 Å². The molecule has 0 heterocycles. The molecule has 1 unspecified atom stereocenters. The van der Waals surface area contributed by atoms with Gasteiger partial charge in [-0.3, -0.25) is 29.5 Å². The van der Waals surface area contributed by atoms with Gasteiger partial charge in [-0.1, -0.05) is 54.6 Å². The van der Waals surface area contributed by atoms with E-state index in [0.717, 1.165) is 22.9 Å². The fourth-order valence-electron chi connectivity index (χ4n) is 5.10. The zero-order chi connectivity index (χ0) is 42.2. The van der Waals surface area contributed by atoms with Gasteiger partial charge in [0.2, 0.25) is 0 Å². The maximum Gasteiger partial charge on any atom is 0.295 e. The standard InChI is InChI=1S/C36H27Br2N7O9S4/c37-28-13-20(14-29(38)33(28)46)18-40-43-34(47)32(41-26-11-7-21-3-1-2-4-24(21)15-26)35(48)44-45-36(56)42-27-12-9-23(31(17-27)58(52,53)54)6-5-22-8-10-25(39-19-55)16-30(22)57(49,50)51/h1-18,32,41,46H,(H,43,47)(H,44,48)(H2,42,45,56)(H,49,50,51)(H,52,53,54)/b6-5+,40-18+. The first-order valence-electron chi connectivity index (χ1n) is 16.0. The zero-order valence-corrected chi connectivity index (χ0v) is 35.5. The molecule has 0 spiro atoms. The van der Waals surface area contributed by atoms with E-state index in [-0.39, 0.29) is 33.4 Å². The molecule has 5 aromatic carbocycles. The Hall–Kier alpha value is -5.42. The summed E-state index contributed by atoms with van der Waals surface area (Å²) in [4.78, 5) is 29.4. The molecule has 298 valence electrons. The second kappa shape index (κ2) is 18.9. The molecule has 0 aliphatic rings. The van der Waals surface area contributed by atoms with Crippen LogP contribution in [0.15, 0.2) is 120 Å². The van der Waals surface area contributed by atoms with E-state index in [9.17, 15) is 40.6 Å². The number of hydrazine groups is 1. The highest BCUT2D eigenvalue weighted by Gasteiger charge is 2.27. The third-order valence-electron chi connectivity index (χ3n) is 7.75. The van der Waals surface area contributed by atoms with Crippen molar-refractivity contribution in [1.29, 1.82) is 0 Å². The lowest BCUT2D eigenvalue weighted by Gasteiger charge is -2.19. The Labute approximate surface area is 358 Å². The molecule has 8 N–H and O–H groups in total. The Bertz CT molecular complexity index is 2780. The van der Waals surface area contributed by atoms with E-state index < -0.39 is 47.9 Å². The first-order valence-corrected chi connectivity index (χ1v) is 21.3. The van der Waals surface area contributed by atoms with Crippen LogP contribution in [0, 0.1) is 0 Å². The van der Waals surface area contributed by atoms with Crippen LogP contribution in [-0.2, 0) is 29.8 Å². The quantitative estimate of drug-likeness (QED) is 0.0168. The lowest BCUT2D eigenvalue weighted by molar-refractivity contribution is -0.130. The van der Waals surface area contributed by atoms with Crippen LogP contribution >= 0.6 is 56.3 Å². The van der Waals surface area contributed by atoms with Gasteiger partial charge in [0, 0.05) is 11.4 Å². The minimum absolute atomic E-state index is 0.0301. The van der Waals surface area contributed by atoms with Crippen molar-refractivity contribution >= 4 is 145 Å². The van der Waals surface area contributed by atoms with Crippen molar-refractivity contribution in [2.45, 2.75) is 15.8 Å². The van der Waals surface area contributed by atoms with E-state index in [4.69, 9.17) is 12.2 Å². The van der Waals surface area contributed by atoms with Gasteiger partial charge in [-0.15, -0.1) is 0 Å². The lowest BCUT2D eigenvalue weighted by Crippen LogP contribution is -2.54. The number of nitrogens with one attached hydrogen (secondary N) is 5. The van der Waals surface area contributed by atoms with Gasteiger partial charge in [0.15, 0.2) is 11.2 Å². The van der Waals surface area contributed by atoms with E-state index in [1.165, 1.54) is 42.6 Å². The molecular formula is C36H27Br2N7O9S4. The zero-order valence-electron chi connectivity index (χ0n) is 29.0. The molecule has 0 aliphatic carbocycles. The van der Waals surface area contributed by atoms with E-state index in [0.29, 0.717) is 20.2 Å². The Morgan fingerprint density at radius 1 is 0.759 bits per heavy atom. The number of isothiocyanates is 1. The number of hydrogen-bond acceptors (Lipinski definition) is 12. The second-order valence-corrected chi connectivity index (χ2v) is 16.8. The number of hydrogen-bond donors (Lipinski definition) is 8. The molecule has 0 fully saturated rings. The van der Waals surface area contributed by atoms with Crippen molar-refractivity contribution in [3.63, 3.8) is 0 Å². The van der Waals surface area contributed by atoms with Gasteiger partial charge in [-0.25, -0.2) is 5.43 Å². The summed E-state index contributed by atoms with van der Waals surface area (Å²) in [7, 11) is -9.62. The maximum absolute atomic E-state index is 13.5. The van der Waals surface area contributed by atoms with Gasteiger partial charge >= 0.3 is 0 Å². The largest absolute Gasteiger partial charge is 0.506 e. The van der Waals surface area contributed by atoms with Gasteiger partial charge in [-0.05, 0) is 132 Å². The minimum atomic E-state index is -4.88. The number of hydrazone groups is 1. The number of aromatic hydroxyl groups is 1. The summed E-state index contributed by atoms with van der Waals surface area (Å²) < 4.78 is 69.2. The topological polar surface area (TPSA) is 248 Å². The number of carbonyl (C=O) groups excluding carboxylic acids is 2.